The molecule has 0 atom stereocenters. The monoisotopic (exact) mass is 781 g/mol. The summed E-state index contributed by atoms with van der Waals surface area (Å²) in [5.74, 6) is 1.91. The molecule has 60 heavy (non-hydrogen) atoms. The van der Waals surface area contributed by atoms with Crippen LogP contribution in [-0.4, -0.2) is 15.0 Å². The Labute approximate surface area is 353 Å². The third kappa shape index (κ3) is 5.28. The van der Waals surface area contributed by atoms with Crippen molar-refractivity contribution in [1.82, 2.24) is 15.0 Å². The van der Waals surface area contributed by atoms with E-state index in [1.807, 2.05) is 30.0 Å². The van der Waals surface area contributed by atoms with E-state index in [0.29, 0.717) is 17.5 Å². The molecule has 9 aromatic carbocycles. The third-order valence-corrected chi connectivity index (χ3v) is 13.4. The summed E-state index contributed by atoms with van der Waals surface area (Å²) in [7, 11) is 0. The molecule has 0 N–H and O–H groups in total. The van der Waals surface area contributed by atoms with Crippen LogP contribution in [0.4, 0.5) is 0 Å². The van der Waals surface area contributed by atoms with Crippen molar-refractivity contribution in [3.05, 3.63) is 235 Å². The lowest BCUT2D eigenvalue weighted by Crippen LogP contribution is -2.32. The van der Waals surface area contributed by atoms with Crippen LogP contribution in [-0.2, 0) is 5.41 Å². The molecular formula is C56H35N3S. The molecular weight excluding hydrogens is 747 g/mol. The number of hydrogen-bond acceptors (Lipinski definition) is 4. The molecule has 0 unspecified atom stereocenters. The predicted octanol–water partition coefficient (Wildman–Crippen LogP) is 14.2. The summed E-state index contributed by atoms with van der Waals surface area (Å²) >= 11 is 1.86. The molecule has 10 aromatic rings. The van der Waals surface area contributed by atoms with Gasteiger partial charge in [0.25, 0.3) is 0 Å². The Morgan fingerprint density at radius 2 is 0.767 bits per heavy atom. The van der Waals surface area contributed by atoms with Gasteiger partial charge in [-0.1, -0.05) is 200 Å². The summed E-state index contributed by atoms with van der Waals surface area (Å²) in [6.07, 6.45) is 0. The van der Waals surface area contributed by atoms with Gasteiger partial charge in [-0.3, -0.25) is 0 Å². The highest BCUT2D eigenvalue weighted by atomic mass is 32.2. The average Bonchev–Trinajstić information content (AvgIpc) is 3.62. The van der Waals surface area contributed by atoms with E-state index in [0.717, 1.165) is 38.6 Å². The molecule has 0 saturated carbocycles. The minimum Gasteiger partial charge on any atom is -0.208 e. The maximum absolute atomic E-state index is 5.36. The van der Waals surface area contributed by atoms with E-state index in [1.54, 1.807) is 0 Å². The molecule has 280 valence electrons. The van der Waals surface area contributed by atoms with Crippen molar-refractivity contribution in [2.45, 2.75) is 15.2 Å². The molecule has 4 heteroatoms. The van der Waals surface area contributed by atoms with Crippen molar-refractivity contribution < 1.29 is 0 Å². The van der Waals surface area contributed by atoms with Gasteiger partial charge in [-0.15, -0.1) is 0 Å². The van der Waals surface area contributed by atoms with Gasteiger partial charge in [-0.2, -0.15) is 0 Å². The van der Waals surface area contributed by atoms with E-state index >= 15 is 0 Å². The molecule has 1 spiro atoms. The zero-order valence-corrected chi connectivity index (χ0v) is 33.3. The second-order valence-corrected chi connectivity index (χ2v) is 16.5. The van der Waals surface area contributed by atoms with Crippen molar-refractivity contribution in [3.8, 4) is 67.5 Å². The lowest BCUT2D eigenvalue weighted by atomic mass is 9.67. The number of rotatable bonds is 5. The molecule has 1 aliphatic carbocycles. The van der Waals surface area contributed by atoms with Crippen LogP contribution in [0.3, 0.4) is 0 Å². The maximum atomic E-state index is 5.36. The maximum Gasteiger partial charge on any atom is 0.164 e. The number of nitrogens with zero attached hydrogens (tertiary/aromatic N) is 3. The fourth-order valence-electron chi connectivity index (χ4n) is 9.65. The summed E-state index contributed by atoms with van der Waals surface area (Å²) in [4.78, 5) is 18.4. The standard InChI is InChI=1S/C56H35N3S/c1-3-17-36(18-4-1)40-32-33-46(42-23-9-8-22-41(40)42)55-58-53(37-19-5-2-6-20-37)57-54(59-55)45-26-10-7-21-39(45)38-31-34-52-50(35-38)56(49-29-15-16-30-51(49)60-52)47-27-13-11-24-43(47)44-25-12-14-28-48(44)56/h1-35H. The Kier molecular flexibility index (Phi) is 8.00. The van der Waals surface area contributed by atoms with Crippen LogP contribution < -0.4 is 0 Å². The largest absolute Gasteiger partial charge is 0.208 e. The second-order valence-electron chi connectivity index (χ2n) is 15.4. The minimum absolute atomic E-state index is 0.469. The summed E-state index contributed by atoms with van der Waals surface area (Å²) in [6.45, 7) is 0. The van der Waals surface area contributed by atoms with E-state index in [-0.39, 0.29) is 0 Å². The van der Waals surface area contributed by atoms with Gasteiger partial charge < -0.3 is 0 Å². The Balaban J connectivity index is 1.07. The third-order valence-electron chi connectivity index (χ3n) is 12.2. The van der Waals surface area contributed by atoms with Crippen LogP contribution >= 0.6 is 11.8 Å². The first-order valence-corrected chi connectivity index (χ1v) is 21.2. The lowest BCUT2D eigenvalue weighted by molar-refractivity contribution is 0.723. The van der Waals surface area contributed by atoms with Crippen LogP contribution in [0.1, 0.15) is 22.3 Å². The highest BCUT2D eigenvalue weighted by molar-refractivity contribution is 7.99. The van der Waals surface area contributed by atoms with Crippen LogP contribution in [0.2, 0.25) is 0 Å². The second kappa shape index (κ2) is 13.9. The van der Waals surface area contributed by atoms with Crippen LogP contribution in [0.5, 0.6) is 0 Å². The molecule has 0 bridgehead atoms. The quantitative estimate of drug-likeness (QED) is 0.174. The highest BCUT2D eigenvalue weighted by Gasteiger charge is 2.50. The van der Waals surface area contributed by atoms with E-state index in [1.165, 1.54) is 54.3 Å². The van der Waals surface area contributed by atoms with E-state index in [9.17, 15) is 0 Å². The van der Waals surface area contributed by atoms with Crippen LogP contribution in [0.25, 0.3) is 78.3 Å². The van der Waals surface area contributed by atoms with Crippen molar-refractivity contribution in [1.29, 1.82) is 0 Å². The van der Waals surface area contributed by atoms with Gasteiger partial charge >= 0.3 is 0 Å². The first-order chi connectivity index (χ1) is 29.8. The van der Waals surface area contributed by atoms with E-state index < -0.39 is 5.41 Å². The summed E-state index contributed by atoms with van der Waals surface area (Å²) in [5, 5.41) is 2.25. The zero-order chi connectivity index (χ0) is 39.6. The van der Waals surface area contributed by atoms with Gasteiger partial charge in [-0.25, -0.2) is 15.0 Å². The number of aromatic nitrogens is 3. The van der Waals surface area contributed by atoms with Crippen molar-refractivity contribution in [3.63, 3.8) is 0 Å². The lowest BCUT2D eigenvalue weighted by Gasteiger charge is -2.40. The molecule has 0 radical (unpaired) electrons. The highest BCUT2D eigenvalue weighted by Crippen LogP contribution is 2.62. The van der Waals surface area contributed by atoms with E-state index in [2.05, 4.69) is 194 Å². The van der Waals surface area contributed by atoms with Gasteiger partial charge in [-0.05, 0) is 90.7 Å². The Morgan fingerprint density at radius 3 is 1.47 bits per heavy atom. The van der Waals surface area contributed by atoms with Gasteiger partial charge in [0, 0.05) is 26.5 Å². The first-order valence-electron chi connectivity index (χ1n) is 20.4. The minimum atomic E-state index is -0.469. The molecule has 1 aliphatic heterocycles. The molecule has 0 saturated heterocycles. The van der Waals surface area contributed by atoms with Crippen molar-refractivity contribution >= 4 is 22.5 Å². The topological polar surface area (TPSA) is 38.7 Å². The van der Waals surface area contributed by atoms with Gasteiger partial charge in [0.1, 0.15) is 0 Å². The molecule has 0 fully saturated rings. The number of benzene rings is 9. The number of hydrogen-bond donors (Lipinski definition) is 0. The molecule has 2 aliphatic rings. The van der Waals surface area contributed by atoms with Crippen LogP contribution in [0.15, 0.2) is 222 Å². The Morgan fingerprint density at radius 1 is 0.283 bits per heavy atom. The zero-order valence-electron chi connectivity index (χ0n) is 32.5. The fraction of sp³-hybridized carbons (Fsp3) is 0.0179. The van der Waals surface area contributed by atoms with Crippen molar-refractivity contribution in [2.24, 2.45) is 0 Å². The Hall–Kier alpha value is -7.40. The number of fused-ring (bicyclic) bond motifs is 10. The average molecular weight is 782 g/mol. The Bertz CT molecular complexity index is 3260. The predicted molar refractivity (Wildman–Crippen MR) is 246 cm³/mol. The molecule has 0 amide bonds. The smallest absolute Gasteiger partial charge is 0.164 e. The molecule has 3 nitrogen and oxygen atoms in total. The van der Waals surface area contributed by atoms with Gasteiger partial charge in [0.05, 0.1) is 5.41 Å². The first kappa shape index (κ1) is 34.6. The fourth-order valence-corrected chi connectivity index (χ4v) is 10.8. The molecule has 2 heterocycles. The normalized spacial score (nSPS) is 13.1. The van der Waals surface area contributed by atoms with Gasteiger partial charge in [0.15, 0.2) is 17.5 Å². The van der Waals surface area contributed by atoms with Gasteiger partial charge in [0.2, 0.25) is 0 Å². The molecule has 12 rings (SSSR count). The van der Waals surface area contributed by atoms with E-state index in [4.69, 9.17) is 15.0 Å². The SMILES string of the molecule is c1ccc(-c2nc(-c3ccccc3-c3ccc4c(c3)C3(c5ccccc5S4)c4ccccc4-c4ccccc43)nc(-c3ccc(-c4ccccc4)c4ccccc34)n2)cc1. The summed E-state index contributed by atoms with van der Waals surface area (Å²) in [5.41, 5.74) is 14.8. The molecule has 1 aromatic heterocycles. The van der Waals surface area contributed by atoms with Crippen molar-refractivity contribution in [2.75, 3.05) is 0 Å². The summed E-state index contributed by atoms with van der Waals surface area (Å²) < 4.78 is 0. The summed E-state index contributed by atoms with van der Waals surface area (Å²) in [6, 6.07) is 76.2. The van der Waals surface area contributed by atoms with Crippen LogP contribution in [0, 0.1) is 0 Å².